The van der Waals surface area contributed by atoms with Gasteiger partial charge in [-0.25, -0.2) is 0 Å². The number of hydrogen-bond donors (Lipinski definition) is 0. The summed E-state index contributed by atoms with van der Waals surface area (Å²) in [6.45, 7) is 5.90. The number of ketones is 1. The Kier molecular flexibility index (Phi) is 3.49. The van der Waals surface area contributed by atoms with Gasteiger partial charge in [0.05, 0.1) is 11.1 Å². The van der Waals surface area contributed by atoms with Crippen LogP contribution in [0.15, 0.2) is 54.6 Å². The number of nitrogens with zero attached hydrogens (tertiary/aromatic N) is 1. The average molecular weight is 345 g/mol. The summed E-state index contributed by atoms with van der Waals surface area (Å²) in [5.41, 5.74) is 3.01. The third kappa shape index (κ3) is 2.13. The number of carbonyl (C=O) groups excluding carboxylic acids is 2. The molecule has 0 radical (unpaired) electrons. The molecule has 0 saturated heterocycles. The van der Waals surface area contributed by atoms with Crippen molar-refractivity contribution in [3.8, 4) is 0 Å². The van der Waals surface area contributed by atoms with Gasteiger partial charge in [0.25, 0.3) is 0 Å². The minimum Gasteiger partial charge on any atom is -0.314 e. The zero-order valence-electron chi connectivity index (χ0n) is 15.7. The molecule has 3 nitrogen and oxygen atoms in total. The average Bonchev–Trinajstić information content (AvgIpc) is 2.63. The van der Waals surface area contributed by atoms with Crippen molar-refractivity contribution in [2.75, 3.05) is 11.9 Å². The van der Waals surface area contributed by atoms with E-state index in [0.29, 0.717) is 12.0 Å². The summed E-state index contributed by atoms with van der Waals surface area (Å²) >= 11 is 0. The van der Waals surface area contributed by atoms with Crippen LogP contribution in [0.4, 0.5) is 5.69 Å². The van der Waals surface area contributed by atoms with Crippen LogP contribution in [0.1, 0.15) is 38.3 Å². The molecule has 0 fully saturated rings. The van der Waals surface area contributed by atoms with Gasteiger partial charge in [-0.1, -0.05) is 62.4 Å². The van der Waals surface area contributed by atoms with E-state index in [2.05, 4.69) is 0 Å². The topological polar surface area (TPSA) is 37.4 Å². The van der Waals surface area contributed by atoms with E-state index in [0.717, 1.165) is 22.4 Å². The Morgan fingerprint density at radius 3 is 2.19 bits per heavy atom. The molecule has 1 heterocycles. The van der Waals surface area contributed by atoms with Gasteiger partial charge < -0.3 is 4.90 Å². The smallest absolute Gasteiger partial charge is 0.237 e. The van der Waals surface area contributed by atoms with Gasteiger partial charge in [-0.15, -0.1) is 0 Å². The quantitative estimate of drug-likeness (QED) is 0.759. The van der Waals surface area contributed by atoms with Crippen LogP contribution in [0.2, 0.25) is 0 Å². The Labute approximate surface area is 154 Å². The van der Waals surface area contributed by atoms with Crippen LogP contribution in [0.25, 0.3) is 11.1 Å². The number of rotatable bonds is 1. The highest BCUT2D eigenvalue weighted by Crippen LogP contribution is 2.58. The third-order valence-electron chi connectivity index (χ3n) is 5.81. The van der Waals surface area contributed by atoms with Crippen LogP contribution in [-0.4, -0.2) is 18.7 Å². The Morgan fingerprint density at radius 2 is 1.50 bits per heavy atom. The lowest BCUT2D eigenvalue weighted by Gasteiger charge is -2.48. The summed E-state index contributed by atoms with van der Waals surface area (Å²) in [6, 6.07) is 17.6. The van der Waals surface area contributed by atoms with E-state index in [9.17, 15) is 9.59 Å². The number of anilines is 1. The maximum absolute atomic E-state index is 13.5. The molecule has 4 rings (SSSR count). The molecule has 1 atom stereocenters. The number of allylic oxidation sites excluding steroid dienone is 1. The minimum absolute atomic E-state index is 0.0557. The van der Waals surface area contributed by atoms with Gasteiger partial charge in [0.15, 0.2) is 5.78 Å². The zero-order valence-corrected chi connectivity index (χ0v) is 15.7. The van der Waals surface area contributed by atoms with Crippen LogP contribution < -0.4 is 4.90 Å². The summed E-state index contributed by atoms with van der Waals surface area (Å²) < 4.78 is 0. The van der Waals surface area contributed by atoms with Gasteiger partial charge in [-0.05, 0) is 30.5 Å². The highest BCUT2D eigenvalue weighted by atomic mass is 16.2. The summed E-state index contributed by atoms with van der Waals surface area (Å²) in [6.07, 6.45) is 0.516. The number of fused-ring (bicyclic) bond motifs is 3. The fraction of sp³-hybridized carbons (Fsp3) is 0.304. The van der Waals surface area contributed by atoms with Crippen molar-refractivity contribution in [3.63, 3.8) is 0 Å². The first kappa shape index (κ1) is 16.8. The Hall–Kier alpha value is -2.68. The molecule has 0 bridgehead atoms. The molecule has 132 valence electrons. The fourth-order valence-corrected chi connectivity index (χ4v) is 4.73. The van der Waals surface area contributed by atoms with E-state index < -0.39 is 10.8 Å². The SMILES string of the molecule is CN1C(=O)[C@@]2(C)CC(C)(C)C(=O)C(c3ccccc3)=C2c2ccccc21. The largest absolute Gasteiger partial charge is 0.314 e. The van der Waals surface area contributed by atoms with Gasteiger partial charge in [-0.2, -0.15) is 0 Å². The van der Waals surface area contributed by atoms with Crippen LogP contribution in [-0.2, 0) is 9.59 Å². The van der Waals surface area contributed by atoms with E-state index in [4.69, 9.17) is 0 Å². The van der Waals surface area contributed by atoms with E-state index in [1.165, 1.54) is 0 Å². The predicted molar refractivity (Wildman–Crippen MR) is 105 cm³/mol. The maximum atomic E-state index is 13.5. The second-order valence-corrected chi connectivity index (χ2v) is 8.22. The zero-order chi connectivity index (χ0) is 18.7. The molecule has 0 saturated carbocycles. The minimum atomic E-state index is -0.717. The number of Topliss-reactive ketones (excluding diaryl/α,β-unsaturated/α-hetero) is 1. The summed E-state index contributed by atoms with van der Waals surface area (Å²) in [4.78, 5) is 28.6. The van der Waals surface area contributed by atoms with Gasteiger partial charge >= 0.3 is 0 Å². The molecule has 3 heteroatoms. The fourth-order valence-electron chi connectivity index (χ4n) is 4.73. The molecule has 2 aromatic rings. The lowest BCUT2D eigenvalue weighted by Crippen LogP contribution is -2.51. The highest BCUT2D eigenvalue weighted by Gasteiger charge is 2.55. The first-order chi connectivity index (χ1) is 12.3. The Morgan fingerprint density at radius 1 is 0.885 bits per heavy atom. The molecule has 1 aliphatic carbocycles. The Bertz CT molecular complexity index is 955. The van der Waals surface area contributed by atoms with Crippen molar-refractivity contribution in [2.45, 2.75) is 27.2 Å². The lowest BCUT2D eigenvalue weighted by atomic mass is 9.57. The first-order valence-electron chi connectivity index (χ1n) is 9.00. The summed E-state index contributed by atoms with van der Waals surface area (Å²) in [5, 5.41) is 0. The molecule has 2 aliphatic rings. The second-order valence-electron chi connectivity index (χ2n) is 8.22. The molecule has 1 amide bonds. The molecule has 0 unspecified atom stereocenters. The van der Waals surface area contributed by atoms with Crippen molar-refractivity contribution in [2.24, 2.45) is 10.8 Å². The van der Waals surface area contributed by atoms with E-state index in [-0.39, 0.29) is 11.7 Å². The molecule has 0 N–H and O–H groups in total. The number of hydrogen-bond acceptors (Lipinski definition) is 2. The summed E-state index contributed by atoms with van der Waals surface area (Å²) in [5.74, 6) is 0.170. The van der Waals surface area contributed by atoms with Crippen molar-refractivity contribution in [1.82, 2.24) is 0 Å². The number of carbonyl (C=O) groups is 2. The standard InChI is InChI=1S/C23H23NO2/c1-22(2)14-23(3)19(18(20(22)25)15-10-6-5-7-11-15)16-12-8-9-13-17(16)24(4)21(23)26/h5-13H,14H2,1-4H3/t23-/m0/s1. The van der Waals surface area contributed by atoms with Gasteiger partial charge in [0, 0.05) is 23.6 Å². The molecule has 1 aliphatic heterocycles. The predicted octanol–water partition coefficient (Wildman–Crippen LogP) is 4.58. The number of amides is 1. The second kappa shape index (κ2) is 5.41. The molecular formula is C23H23NO2. The van der Waals surface area contributed by atoms with E-state index in [1.54, 1.807) is 4.90 Å². The van der Waals surface area contributed by atoms with Gasteiger partial charge in [0.1, 0.15) is 0 Å². The molecule has 2 aromatic carbocycles. The van der Waals surface area contributed by atoms with Crippen LogP contribution in [0.3, 0.4) is 0 Å². The first-order valence-corrected chi connectivity index (χ1v) is 9.00. The van der Waals surface area contributed by atoms with E-state index >= 15 is 0 Å². The molecular weight excluding hydrogens is 322 g/mol. The normalized spacial score (nSPS) is 24.4. The highest BCUT2D eigenvalue weighted by molar-refractivity contribution is 6.35. The molecule has 0 aromatic heterocycles. The summed E-state index contributed by atoms with van der Waals surface area (Å²) in [7, 11) is 1.83. The van der Waals surface area contributed by atoms with E-state index in [1.807, 2.05) is 82.4 Å². The number of benzene rings is 2. The monoisotopic (exact) mass is 345 g/mol. The number of para-hydroxylation sites is 1. The van der Waals surface area contributed by atoms with Crippen molar-refractivity contribution < 1.29 is 9.59 Å². The maximum Gasteiger partial charge on any atom is 0.237 e. The van der Waals surface area contributed by atoms with Crippen LogP contribution >= 0.6 is 0 Å². The van der Waals surface area contributed by atoms with Crippen molar-refractivity contribution >= 4 is 28.5 Å². The molecule has 26 heavy (non-hydrogen) atoms. The third-order valence-corrected chi connectivity index (χ3v) is 5.81. The van der Waals surface area contributed by atoms with Crippen molar-refractivity contribution in [1.29, 1.82) is 0 Å². The Balaban J connectivity index is 2.16. The molecule has 0 spiro atoms. The van der Waals surface area contributed by atoms with Crippen molar-refractivity contribution in [3.05, 3.63) is 65.7 Å². The lowest BCUT2D eigenvalue weighted by molar-refractivity contribution is -0.129. The van der Waals surface area contributed by atoms with Crippen LogP contribution in [0.5, 0.6) is 0 Å². The van der Waals surface area contributed by atoms with Gasteiger partial charge in [0.2, 0.25) is 5.91 Å². The van der Waals surface area contributed by atoms with Gasteiger partial charge in [-0.3, -0.25) is 9.59 Å². The van der Waals surface area contributed by atoms with Crippen LogP contribution in [0, 0.1) is 10.8 Å².